The zero-order valence-corrected chi connectivity index (χ0v) is 9.21. The van der Waals surface area contributed by atoms with Crippen molar-refractivity contribution in [2.75, 3.05) is 40.3 Å². The van der Waals surface area contributed by atoms with Crippen molar-refractivity contribution in [1.29, 1.82) is 0 Å². The molecule has 13 heavy (non-hydrogen) atoms. The van der Waals surface area contributed by atoms with Gasteiger partial charge in [-0.15, -0.1) is 0 Å². The summed E-state index contributed by atoms with van der Waals surface area (Å²) in [5.74, 6) is 0. The molecule has 0 atom stereocenters. The van der Waals surface area contributed by atoms with E-state index in [0.717, 1.165) is 0 Å². The van der Waals surface area contributed by atoms with Gasteiger partial charge in [-0.2, -0.15) is 0 Å². The van der Waals surface area contributed by atoms with Crippen molar-refractivity contribution in [1.82, 2.24) is 9.80 Å². The van der Waals surface area contributed by atoms with Crippen LogP contribution in [0.25, 0.3) is 0 Å². The molecular weight excluding hydrogens is 160 g/mol. The second-order valence-electron chi connectivity index (χ2n) is 4.06. The molecule has 0 aromatic heterocycles. The predicted octanol–water partition coefficient (Wildman–Crippen LogP) is 1.59. The predicted molar refractivity (Wildman–Crippen MR) is 58.0 cm³/mol. The molecule has 76 valence electrons. The second-order valence-corrected chi connectivity index (χ2v) is 4.06. The van der Waals surface area contributed by atoms with E-state index in [4.69, 9.17) is 0 Å². The smallest absolute Gasteiger partial charge is 0.0165 e. The molecule has 0 aromatic carbocycles. The first kappa shape index (κ1) is 10.7. The first-order valence-corrected chi connectivity index (χ1v) is 5.27. The Balaban J connectivity index is 2.25. The highest BCUT2D eigenvalue weighted by atomic mass is 15.1. The van der Waals surface area contributed by atoms with Gasteiger partial charge in [0.05, 0.1) is 0 Å². The molecule has 1 aliphatic heterocycles. The summed E-state index contributed by atoms with van der Waals surface area (Å²) >= 11 is 0. The van der Waals surface area contributed by atoms with Gasteiger partial charge in [0.2, 0.25) is 0 Å². The van der Waals surface area contributed by atoms with Crippen LogP contribution in [0.1, 0.15) is 19.8 Å². The fraction of sp³-hybridized carbons (Fsp3) is 0.818. The van der Waals surface area contributed by atoms with Crippen LogP contribution in [0.2, 0.25) is 0 Å². The van der Waals surface area contributed by atoms with Crippen LogP contribution in [0.5, 0.6) is 0 Å². The fourth-order valence-corrected chi connectivity index (χ4v) is 1.63. The van der Waals surface area contributed by atoms with Crippen LogP contribution >= 0.6 is 0 Å². The van der Waals surface area contributed by atoms with Crippen molar-refractivity contribution in [2.45, 2.75) is 19.8 Å². The van der Waals surface area contributed by atoms with E-state index in [1.807, 2.05) is 0 Å². The third-order valence-electron chi connectivity index (χ3n) is 2.71. The standard InChI is InChI=1S/C11H22N2/c1-4-13-9-6-11(7-10-13)5-8-12(2)3/h6H,4-5,7-10H2,1-3H3. The van der Waals surface area contributed by atoms with Crippen molar-refractivity contribution < 1.29 is 0 Å². The van der Waals surface area contributed by atoms with Crippen molar-refractivity contribution in [2.24, 2.45) is 0 Å². The number of hydrogen-bond donors (Lipinski definition) is 0. The van der Waals surface area contributed by atoms with Crippen LogP contribution in [-0.2, 0) is 0 Å². The van der Waals surface area contributed by atoms with Gasteiger partial charge in [0, 0.05) is 19.6 Å². The highest BCUT2D eigenvalue weighted by Gasteiger charge is 2.09. The van der Waals surface area contributed by atoms with E-state index in [0.29, 0.717) is 0 Å². The summed E-state index contributed by atoms with van der Waals surface area (Å²) in [6, 6.07) is 0. The third kappa shape index (κ3) is 3.92. The summed E-state index contributed by atoms with van der Waals surface area (Å²) in [6.07, 6.45) is 4.95. The van der Waals surface area contributed by atoms with Crippen LogP contribution < -0.4 is 0 Å². The van der Waals surface area contributed by atoms with Gasteiger partial charge >= 0.3 is 0 Å². The maximum Gasteiger partial charge on any atom is 0.0165 e. The van der Waals surface area contributed by atoms with Crippen LogP contribution in [0, 0.1) is 0 Å². The Labute approximate surface area is 82.2 Å². The van der Waals surface area contributed by atoms with E-state index < -0.39 is 0 Å². The minimum absolute atomic E-state index is 1.17. The second kappa shape index (κ2) is 5.40. The molecule has 0 spiro atoms. The lowest BCUT2D eigenvalue weighted by Crippen LogP contribution is -2.29. The molecule has 0 saturated heterocycles. The molecule has 0 aromatic rings. The first-order chi connectivity index (χ1) is 6.22. The maximum atomic E-state index is 2.49. The van der Waals surface area contributed by atoms with Gasteiger partial charge in [-0.05, 0) is 33.5 Å². The Morgan fingerprint density at radius 3 is 2.69 bits per heavy atom. The molecule has 2 heteroatoms. The average Bonchev–Trinajstić information content (AvgIpc) is 2.15. The highest BCUT2D eigenvalue weighted by molar-refractivity contribution is 5.07. The SMILES string of the molecule is CCN1CC=C(CCN(C)C)CC1. The maximum absolute atomic E-state index is 2.49. The molecule has 1 aliphatic rings. The van der Waals surface area contributed by atoms with E-state index >= 15 is 0 Å². The summed E-state index contributed by atoms with van der Waals surface area (Å²) in [6.45, 7) is 7.04. The van der Waals surface area contributed by atoms with E-state index in [1.54, 1.807) is 5.57 Å². The van der Waals surface area contributed by atoms with Crippen LogP contribution in [0.3, 0.4) is 0 Å². The van der Waals surface area contributed by atoms with Gasteiger partial charge in [0.1, 0.15) is 0 Å². The van der Waals surface area contributed by atoms with Gasteiger partial charge < -0.3 is 4.90 Å². The molecule has 0 fully saturated rings. The molecule has 0 saturated carbocycles. The lowest BCUT2D eigenvalue weighted by molar-refractivity contribution is 0.304. The lowest BCUT2D eigenvalue weighted by atomic mass is 10.0. The fourth-order valence-electron chi connectivity index (χ4n) is 1.63. The van der Waals surface area contributed by atoms with Gasteiger partial charge in [0.25, 0.3) is 0 Å². The normalized spacial score (nSPS) is 19.2. The van der Waals surface area contributed by atoms with E-state index in [2.05, 4.69) is 36.9 Å². The summed E-state index contributed by atoms with van der Waals surface area (Å²) in [4.78, 5) is 4.74. The Morgan fingerprint density at radius 1 is 1.46 bits per heavy atom. The molecule has 1 heterocycles. The zero-order valence-electron chi connectivity index (χ0n) is 9.21. The molecule has 0 radical (unpaired) electrons. The van der Waals surface area contributed by atoms with Crippen LogP contribution in [0.15, 0.2) is 11.6 Å². The molecule has 2 nitrogen and oxygen atoms in total. The molecule has 0 aliphatic carbocycles. The van der Waals surface area contributed by atoms with Gasteiger partial charge in [-0.3, -0.25) is 4.90 Å². The van der Waals surface area contributed by atoms with Crippen LogP contribution in [0.4, 0.5) is 0 Å². The Bertz CT molecular complexity index is 173. The Hall–Kier alpha value is -0.340. The van der Waals surface area contributed by atoms with Gasteiger partial charge in [0.15, 0.2) is 0 Å². The highest BCUT2D eigenvalue weighted by Crippen LogP contribution is 2.13. The van der Waals surface area contributed by atoms with Crippen molar-refractivity contribution in [3.8, 4) is 0 Å². The van der Waals surface area contributed by atoms with Crippen molar-refractivity contribution in [3.05, 3.63) is 11.6 Å². The summed E-state index contributed by atoms with van der Waals surface area (Å²) < 4.78 is 0. The summed E-state index contributed by atoms with van der Waals surface area (Å²) in [5, 5.41) is 0. The number of rotatable bonds is 4. The number of likely N-dealkylation sites (N-methyl/N-ethyl adjacent to an activating group) is 1. The number of nitrogens with zero attached hydrogens (tertiary/aromatic N) is 2. The largest absolute Gasteiger partial charge is 0.309 e. The minimum atomic E-state index is 1.17. The molecule has 0 N–H and O–H groups in total. The first-order valence-electron chi connectivity index (χ1n) is 5.27. The van der Waals surface area contributed by atoms with Crippen LogP contribution in [-0.4, -0.2) is 50.1 Å². The summed E-state index contributed by atoms with van der Waals surface area (Å²) in [7, 11) is 4.28. The number of hydrogen-bond acceptors (Lipinski definition) is 2. The van der Waals surface area contributed by atoms with Gasteiger partial charge in [-0.25, -0.2) is 0 Å². The summed E-state index contributed by atoms with van der Waals surface area (Å²) in [5.41, 5.74) is 1.65. The molecule has 0 unspecified atom stereocenters. The Morgan fingerprint density at radius 2 is 2.23 bits per heavy atom. The molecule has 0 amide bonds. The third-order valence-corrected chi connectivity index (χ3v) is 2.71. The topological polar surface area (TPSA) is 6.48 Å². The molecule has 1 rings (SSSR count). The monoisotopic (exact) mass is 182 g/mol. The van der Waals surface area contributed by atoms with E-state index in [-0.39, 0.29) is 0 Å². The minimum Gasteiger partial charge on any atom is -0.309 e. The molecular formula is C11H22N2. The van der Waals surface area contributed by atoms with Crippen molar-refractivity contribution in [3.63, 3.8) is 0 Å². The van der Waals surface area contributed by atoms with E-state index in [9.17, 15) is 0 Å². The van der Waals surface area contributed by atoms with Crippen molar-refractivity contribution >= 4 is 0 Å². The average molecular weight is 182 g/mol. The van der Waals surface area contributed by atoms with E-state index in [1.165, 1.54) is 39.0 Å². The van der Waals surface area contributed by atoms with Gasteiger partial charge in [-0.1, -0.05) is 18.6 Å². The Kier molecular flexibility index (Phi) is 4.46. The zero-order chi connectivity index (χ0) is 9.68. The quantitative estimate of drug-likeness (QED) is 0.609. The lowest BCUT2D eigenvalue weighted by Gasteiger charge is -2.25. The molecule has 0 bridgehead atoms.